The molecule has 33 heavy (non-hydrogen) atoms. The number of pyridine rings is 2. The van der Waals surface area contributed by atoms with Crippen LogP contribution in [-0.2, 0) is 6.18 Å². The van der Waals surface area contributed by atoms with E-state index in [4.69, 9.17) is 5.73 Å². The summed E-state index contributed by atoms with van der Waals surface area (Å²) in [5, 5.41) is 2.63. The highest BCUT2D eigenvalue weighted by Crippen LogP contribution is 2.31. The summed E-state index contributed by atoms with van der Waals surface area (Å²) in [6.45, 7) is 1.84. The summed E-state index contributed by atoms with van der Waals surface area (Å²) in [7, 11) is 0. The van der Waals surface area contributed by atoms with E-state index in [1.807, 2.05) is 37.3 Å². The Hall–Kier alpha value is -4.20. The molecule has 0 aliphatic heterocycles. The third-order valence-corrected chi connectivity index (χ3v) is 5.08. The highest BCUT2D eigenvalue weighted by Gasteiger charge is 2.30. The van der Waals surface area contributed by atoms with Gasteiger partial charge in [0, 0.05) is 23.0 Å². The highest BCUT2D eigenvalue weighted by atomic mass is 19.4. The molecule has 0 saturated heterocycles. The molecule has 0 radical (unpaired) electrons. The first-order chi connectivity index (χ1) is 15.7. The summed E-state index contributed by atoms with van der Waals surface area (Å²) in [5.41, 5.74) is 9.40. The molecule has 0 unspecified atom stereocenters. The molecule has 2 aromatic heterocycles. The first-order valence-electron chi connectivity index (χ1n) is 9.98. The molecule has 0 bridgehead atoms. The normalized spacial score (nSPS) is 11.3. The maximum absolute atomic E-state index is 13.0. The Kier molecular flexibility index (Phi) is 5.83. The van der Waals surface area contributed by atoms with E-state index in [1.54, 1.807) is 18.3 Å². The number of nitrogens with zero attached hydrogens (tertiary/aromatic N) is 2. The second-order valence-electron chi connectivity index (χ2n) is 7.44. The van der Waals surface area contributed by atoms with Crippen molar-refractivity contribution < 1.29 is 18.0 Å². The summed E-state index contributed by atoms with van der Waals surface area (Å²) in [5.74, 6) is -0.242. The zero-order valence-electron chi connectivity index (χ0n) is 17.5. The topological polar surface area (TPSA) is 80.9 Å². The van der Waals surface area contributed by atoms with E-state index in [1.165, 1.54) is 18.3 Å². The third-order valence-electron chi connectivity index (χ3n) is 5.08. The van der Waals surface area contributed by atoms with Crippen molar-refractivity contribution in [1.29, 1.82) is 0 Å². The minimum Gasteiger partial charge on any atom is -0.384 e. The Morgan fingerprint density at radius 1 is 0.909 bits per heavy atom. The largest absolute Gasteiger partial charge is 0.416 e. The van der Waals surface area contributed by atoms with Crippen LogP contribution in [0.25, 0.3) is 22.3 Å². The SMILES string of the molecule is Cc1ncc(NC(=O)c2cccc(C(F)(F)F)c2)cc1-c1cccc(-c2ccnc(N)c2)c1. The van der Waals surface area contributed by atoms with Crippen LogP contribution in [0.3, 0.4) is 0 Å². The van der Waals surface area contributed by atoms with Crippen LogP contribution in [0.15, 0.2) is 79.1 Å². The predicted molar refractivity (Wildman–Crippen MR) is 121 cm³/mol. The van der Waals surface area contributed by atoms with Crippen LogP contribution in [0.5, 0.6) is 0 Å². The van der Waals surface area contributed by atoms with Crippen LogP contribution in [0.2, 0.25) is 0 Å². The number of rotatable bonds is 4. The maximum atomic E-state index is 13.0. The number of nitrogen functional groups attached to an aromatic ring is 1. The maximum Gasteiger partial charge on any atom is 0.416 e. The van der Waals surface area contributed by atoms with Gasteiger partial charge in [0.2, 0.25) is 0 Å². The van der Waals surface area contributed by atoms with Gasteiger partial charge in [0.25, 0.3) is 5.91 Å². The molecule has 0 aliphatic rings. The molecule has 0 saturated carbocycles. The van der Waals surface area contributed by atoms with Crippen LogP contribution < -0.4 is 11.1 Å². The second kappa shape index (κ2) is 8.74. The van der Waals surface area contributed by atoms with Gasteiger partial charge in [-0.1, -0.05) is 24.3 Å². The van der Waals surface area contributed by atoms with Gasteiger partial charge in [0.05, 0.1) is 17.4 Å². The molecule has 1 amide bonds. The number of alkyl halides is 3. The summed E-state index contributed by atoms with van der Waals surface area (Å²) < 4.78 is 38.9. The van der Waals surface area contributed by atoms with Crippen molar-refractivity contribution in [2.75, 3.05) is 11.1 Å². The number of hydrogen-bond acceptors (Lipinski definition) is 4. The number of amides is 1. The molecule has 0 aliphatic carbocycles. The minimum atomic E-state index is -4.53. The van der Waals surface area contributed by atoms with Gasteiger partial charge in [-0.3, -0.25) is 9.78 Å². The van der Waals surface area contributed by atoms with Crippen molar-refractivity contribution >= 4 is 17.4 Å². The zero-order chi connectivity index (χ0) is 23.6. The molecule has 0 spiro atoms. The van der Waals surface area contributed by atoms with E-state index in [0.29, 0.717) is 11.5 Å². The van der Waals surface area contributed by atoms with Crippen LogP contribution in [0.4, 0.5) is 24.7 Å². The Labute approximate surface area is 188 Å². The Morgan fingerprint density at radius 3 is 2.39 bits per heavy atom. The lowest BCUT2D eigenvalue weighted by molar-refractivity contribution is -0.137. The predicted octanol–water partition coefficient (Wildman–Crippen LogP) is 5.97. The fourth-order valence-corrected chi connectivity index (χ4v) is 3.43. The average molecular weight is 448 g/mol. The third kappa shape index (κ3) is 5.01. The van der Waals surface area contributed by atoms with Crippen molar-refractivity contribution in [3.05, 3.63) is 95.9 Å². The Morgan fingerprint density at radius 2 is 1.64 bits per heavy atom. The van der Waals surface area contributed by atoms with Gasteiger partial charge >= 0.3 is 6.18 Å². The van der Waals surface area contributed by atoms with Gasteiger partial charge in [0.15, 0.2) is 0 Å². The lowest BCUT2D eigenvalue weighted by Crippen LogP contribution is -2.14. The zero-order valence-corrected chi connectivity index (χ0v) is 17.5. The number of aryl methyl sites for hydroxylation is 1. The molecule has 8 heteroatoms. The molecule has 4 rings (SSSR count). The van der Waals surface area contributed by atoms with Crippen molar-refractivity contribution in [3.63, 3.8) is 0 Å². The number of aromatic nitrogens is 2. The first kappa shape index (κ1) is 22.0. The molecule has 2 aromatic carbocycles. The number of nitrogens with one attached hydrogen (secondary N) is 1. The summed E-state index contributed by atoms with van der Waals surface area (Å²) in [6, 6.07) is 17.4. The molecule has 0 atom stereocenters. The standard InChI is InChI=1S/C25H19F3N4O/c1-15-22(18-5-2-4-16(10-18)17-8-9-30-23(29)12-17)13-21(14-31-15)32-24(33)19-6-3-7-20(11-19)25(26,27)28/h2-14H,1H3,(H2,29,30)(H,32,33). The quantitative estimate of drug-likeness (QED) is 0.403. The molecule has 0 fully saturated rings. The smallest absolute Gasteiger partial charge is 0.384 e. The number of halogens is 3. The second-order valence-corrected chi connectivity index (χ2v) is 7.44. The number of hydrogen-bond donors (Lipinski definition) is 2. The number of benzene rings is 2. The van der Waals surface area contributed by atoms with E-state index in [-0.39, 0.29) is 5.56 Å². The van der Waals surface area contributed by atoms with Gasteiger partial charge in [-0.25, -0.2) is 4.98 Å². The first-order valence-corrected chi connectivity index (χ1v) is 9.98. The van der Waals surface area contributed by atoms with Crippen LogP contribution in [-0.4, -0.2) is 15.9 Å². The van der Waals surface area contributed by atoms with Crippen molar-refractivity contribution in [3.8, 4) is 22.3 Å². The fraction of sp³-hybridized carbons (Fsp3) is 0.0800. The van der Waals surface area contributed by atoms with Crippen LogP contribution >= 0.6 is 0 Å². The average Bonchev–Trinajstić information content (AvgIpc) is 2.80. The molecular formula is C25H19F3N4O. The highest BCUT2D eigenvalue weighted by molar-refractivity contribution is 6.04. The van der Waals surface area contributed by atoms with E-state index in [2.05, 4.69) is 15.3 Å². The van der Waals surface area contributed by atoms with E-state index in [0.717, 1.165) is 40.1 Å². The van der Waals surface area contributed by atoms with E-state index < -0.39 is 17.6 Å². The molecule has 3 N–H and O–H groups in total. The molecular weight excluding hydrogens is 429 g/mol. The Bertz CT molecular complexity index is 1340. The number of carbonyl (C=O) groups is 1. The molecule has 5 nitrogen and oxygen atoms in total. The fourth-order valence-electron chi connectivity index (χ4n) is 3.43. The monoisotopic (exact) mass is 448 g/mol. The van der Waals surface area contributed by atoms with Crippen LogP contribution in [0, 0.1) is 6.92 Å². The van der Waals surface area contributed by atoms with E-state index >= 15 is 0 Å². The summed E-state index contributed by atoms with van der Waals surface area (Å²) in [6.07, 6.45) is -1.43. The number of nitrogens with two attached hydrogens (primary N) is 1. The van der Waals surface area contributed by atoms with Gasteiger partial charge in [-0.2, -0.15) is 13.2 Å². The van der Waals surface area contributed by atoms with Crippen molar-refractivity contribution in [1.82, 2.24) is 9.97 Å². The van der Waals surface area contributed by atoms with Gasteiger partial charge in [-0.05, 0) is 66.1 Å². The lowest BCUT2D eigenvalue weighted by atomic mass is 9.98. The van der Waals surface area contributed by atoms with Gasteiger partial charge in [-0.15, -0.1) is 0 Å². The molecule has 4 aromatic rings. The van der Waals surface area contributed by atoms with Gasteiger partial charge in [0.1, 0.15) is 5.82 Å². The molecule has 2 heterocycles. The van der Waals surface area contributed by atoms with Crippen molar-refractivity contribution in [2.45, 2.75) is 13.1 Å². The van der Waals surface area contributed by atoms with Crippen LogP contribution in [0.1, 0.15) is 21.6 Å². The summed E-state index contributed by atoms with van der Waals surface area (Å²) >= 11 is 0. The Balaban J connectivity index is 1.63. The van der Waals surface area contributed by atoms with Gasteiger partial charge < -0.3 is 11.1 Å². The van der Waals surface area contributed by atoms with E-state index in [9.17, 15) is 18.0 Å². The lowest BCUT2D eigenvalue weighted by Gasteiger charge is -2.12. The van der Waals surface area contributed by atoms with Crippen molar-refractivity contribution in [2.24, 2.45) is 0 Å². The number of carbonyl (C=O) groups excluding carboxylic acids is 1. The summed E-state index contributed by atoms with van der Waals surface area (Å²) in [4.78, 5) is 20.9. The minimum absolute atomic E-state index is 0.0933. The number of anilines is 2. The molecule has 166 valence electrons.